The monoisotopic (exact) mass is 501 g/mol. The Hall–Kier alpha value is -3.87. The van der Waals surface area contributed by atoms with Crippen LogP contribution in [-0.2, 0) is 16.2 Å². The maximum absolute atomic E-state index is 13.2. The van der Waals surface area contributed by atoms with E-state index in [1.165, 1.54) is 16.2 Å². The number of anilines is 1. The van der Waals surface area contributed by atoms with Gasteiger partial charge in [0.1, 0.15) is 24.2 Å². The number of amides is 1. The molecule has 0 radical (unpaired) electrons. The van der Waals surface area contributed by atoms with Gasteiger partial charge in [0, 0.05) is 21.2 Å². The summed E-state index contributed by atoms with van der Waals surface area (Å²) in [5.74, 6) is -1.06. The van der Waals surface area contributed by atoms with Gasteiger partial charge in [-0.3, -0.25) is 14.5 Å². The molecule has 0 spiro atoms. The Morgan fingerprint density at radius 1 is 0.943 bits per heavy atom. The van der Waals surface area contributed by atoms with E-state index in [1.807, 2.05) is 47.8 Å². The fraction of sp³-hybridized carbons (Fsp3) is 0.0714. The number of ketones is 1. The van der Waals surface area contributed by atoms with Crippen LogP contribution in [0.1, 0.15) is 22.0 Å². The van der Waals surface area contributed by atoms with Gasteiger partial charge >= 0.3 is 0 Å². The molecule has 174 valence electrons. The summed E-state index contributed by atoms with van der Waals surface area (Å²) in [6.07, 6.45) is 0. The van der Waals surface area contributed by atoms with Crippen LogP contribution in [0.2, 0.25) is 5.02 Å². The number of thiophene rings is 1. The van der Waals surface area contributed by atoms with Gasteiger partial charge < -0.3 is 9.84 Å². The van der Waals surface area contributed by atoms with Gasteiger partial charge in [-0.15, -0.1) is 11.3 Å². The van der Waals surface area contributed by atoms with Gasteiger partial charge in [0.2, 0.25) is 0 Å². The molecule has 5 rings (SSSR count). The molecule has 1 unspecified atom stereocenters. The molecule has 0 bridgehead atoms. The number of ether oxygens (including phenoxy) is 1. The molecule has 0 saturated carbocycles. The molecule has 5 nitrogen and oxygen atoms in total. The molecule has 7 heteroatoms. The summed E-state index contributed by atoms with van der Waals surface area (Å²) >= 11 is 7.50. The van der Waals surface area contributed by atoms with Gasteiger partial charge in [0.05, 0.1) is 5.57 Å². The zero-order valence-corrected chi connectivity index (χ0v) is 20.0. The van der Waals surface area contributed by atoms with Gasteiger partial charge in [-0.2, -0.15) is 0 Å². The number of carbonyl (C=O) groups is 2. The second-order valence-corrected chi connectivity index (χ2v) is 9.38. The molecular formula is C28H20ClNO4S. The summed E-state index contributed by atoms with van der Waals surface area (Å²) in [6, 6.07) is 26.3. The Bertz CT molecular complexity index is 1400. The molecule has 2 heterocycles. The van der Waals surface area contributed by atoms with Crippen LogP contribution in [0.5, 0.6) is 5.75 Å². The maximum Gasteiger partial charge on any atom is 0.300 e. The van der Waals surface area contributed by atoms with Crippen molar-refractivity contribution < 1.29 is 19.4 Å². The lowest BCUT2D eigenvalue weighted by Gasteiger charge is -2.24. The number of benzene rings is 3. The van der Waals surface area contributed by atoms with E-state index >= 15 is 0 Å². The highest BCUT2D eigenvalue weighted by Gasteiger charge is 2.47. The largest absolute Gasteiger partial charge is 0.507 e. The van der Waals surface area contributed by atoms with Crippen molar-refractivity contribution in [2.75, 3.05) is 4.90 Å². The summed E-state index contributed by atoms with van der Waals surface area (Å²) in [6.45, 7) is 0.416. The molecule has 4 aromatic rings. The minimum atomic E-state index is -0.759. The maximum atomic E-state index is 13.2. The number of halogens is 1. The predicted octanol–water partition coefficient (Wildman–Crippen LogP) is 6.61. The fourth-order valence-corrected chi connectivity index (χ4v) is 5.06. The highest BCUT2D eigenvalue weighted by molar-refractivity contribution is 7.10. The standard InChI is InChI=1S/C28H20ClNO4S/c29-20-9-4-8-19(16-20)26(31)24-25(23-10-5-15-35-23)30(28(33)27(24)32)21-11-13-22(14-12-21)34-17-18-6-2-1-3-7-18/h1-16,25,31H,17H2/b26-24-. The lowest BCUT2D eigenvalue weighted by atomic mass is 10.00. The first-order valence-electron chi connectivity index (χ1n) is 10.9. The van der Waals surface area contributed by atoms with Crippen molar-refractivity contribution in [1.29, 1.82) is 0 Å². The molecule has 1 aliphatic rings. The Morgan fingerprint density at radius 3 is 2.40 bits per heavy atom. The quantitative estimate of drug-likeness (QED) is 0.183. The third-order valence-corrected chi connectivity index (χ3v) is 6.88. The fourth-order valence-electron chi connectivity index (χ4n) is 4.05. The first-order valence-corrected chi connectivity index (χ1v) is 12.2. The first-order chi connectivity index (χ1) is 17.0. The highest BCUT2D eigenvalue weighted by atomic mass is 35.5. The number of rotatable bonds is 6. The Balaban J connectivity index is 1.50. The van der Waals surface area contributed by atoms with Gasteiger partial charge in [-0.25, -0.2) is 0 Å². The van der Waals surface area contributed by atoms with Crippen molar-refractivity contribution in [3.05, 3.63) is 123 Å². The van der Waals surface area contributed by atoms with Crippen LogP contribution in [0, 0.1) is 0 Å². The number of aliphatic hydroxyl groups excluding tert-OH is 1. The number of Topliss-reactive ketones (excluding diaryl/α,β-unsaturated/α-hetero) is 1. The van der Waals surface area contributed by atoms with E-state index in [0.717, 1.165) is 10.4 Å². The third-order valence-electron chi connectivity index (χ3n) is 5.72. The minimum Gasteiger partial charge on any atom is -0.507 e. The lowest BCUT2D eigenvalue weighted by Crippen LogP contribution is -2.29. The predicted molar refractivity (Wildman–Crippen MR) is 138 cm³/mol. The van der Waals surface area contributed by atoms with Crippen molar-refractivity contribution in [3.63, 3.8) is 0 Å². The average molecular weight is 502 g/mol. The Morgan fingerprint density at radius 2 is 1.71 bits per heavy atom. The van der Waals surface area contributed by atoms with Crippen molar-refractivity contribution >= 4 is 46.1 Å². The highest BCUT2D eigenvalue weighted by Crippen LogP contribution is 2.44. The minimum absolute atomic E-state index is 0.0316. The smallest absolute Gasteiger partial charge is 0.300 e. The van der Waals surface area contributed by atoms with E-state index in [-0.39, 0.29) is 11.3 Å². The van der Waals surface area contributed by atoms with Crippen molar-refractivity contribution in [1.82, 2.24) is 0 Å². The second-order valence-electron chi connectivity index (χ2n) is 7.96. The molecule has 1 N–H and O–H groups in total. The van der Waals surface area contributed by atoms with Crippen LogP contribution >= 0.6 is 22.9 Å². The number of hydrogen-bond donors (Lipinski definition) is 1. The molecule has 1 saturated heterocycles. The Labute approximate surface area is 211 Å². The van der Waals surface area contributed by atoms with E-state index < -0.39 is 17.7 Å². The van der Waals surface area contributed by atoms with Gasteiger partial charge in [0.25, 0.3) is 11.7 Å². The summed E-state index contributed by atoms with van der Waals surface area (Å²) in [7, 11) is 0. The number of nitrogens with zero attached hydrogens (tertiary/aromatic N) is 1. The molecule has 1 aromatic heterocycles. The van der Waals surface area contributed by atoms with Crippen LogP contribution in [0.25, 0.3) is 5.76 Å². The average Bonchev–Trinajstić information content (AvgIpc) is 3.50. The molecule has 3 aromatic carbocycles. The van der Waals surface area contributed by atoms with E-state index in [2.05, 4.69) is 0 Å². The zero-order valence-electron chi connectivity index (χ0n) is 18.4. The zero-order chi connectivity index (χ0) is 24.4. The molecular weight excluding hydrogens is 482 g/mol. The van der Waals surface area contributed by atoms with Crippen LogP contribution in [0.3, 0.4) is 0 Å². The van der Waals surface area contributed by atoms with Crippen molar-refractivity contribution in [2.24, 2.45) is 0 Å². The SMILES string of the molecule is O=C1C(=O)N(c2ccc(OCc3ccccc3)cc2)C(c2cccs2)/C1=C(/O)c1cccc(Cl)c1. The molecule has 0 aliphatic carbocycles. The van der Waals surface area contributed by atoms with E-state index in [4.69, 9.17) is 16.3 Å². The molecule has 1 atom stereocenters. The van der Waals surface area contributed by atoms with Crippen LogP contribution < -0.4 is 9.64 Å². The second kappa shape index (κ2) is 9.78. The number of aliphatic hydroxyl groups is 1. The molecule has 1 amide bonds. The lowest BCUT2D eigenvalue weighted by molar-refractivity contribution is -0.132. The third kappa shape index (κ3) is 4.58. The Kier molecular flexibility index (Phi) is 6.40. The van der Waals surface area contributed by atoms with Gasteiger partial charge in [-0.1, -0.05) is 60.1 Å². The van der Waals surface area contributed by atoms with Crippen molar-refractivity contribution in [2.45, 2.75) is 12.6 Å². The van der Waals surface area contributed by atoms with Crippen LogP contribution in [0.15, 0.2) is 102 Å². The molecule has 1 fully saturated rings. The van der Waals surface area contributed by atoms with Crippen molar-refractivity contribution in [3.8, 4) is 5.75 Å². The summed E-state index contributed by atoms with van der Waals surface area (Å²) < 4.78 is 5.85. The molecule has 1 aliphatic heterocycles. The van der Waals surface area contributed by atoms with E-state index in [9.17, 15) is 14.7 Å². The summed E-state index contributed by atoms with van der Waals surface area (Å²) in [4.78, 5) is 28.5. The van der Waals surface area contributed by atoms with E-state index in [0.29, 0.717) is 28.6 Å². The molecule has 35 heavy (non-hydrogen) atoms. The topological polar surface area (TPSA) is 66.8 Å². The number of carbonyl (C=O) groups excluding carboxylic acids is 2. The summed E-state index contributed by atoms with van der Waals surface area (Å²) in [5, 5.41) is 13.4. The van der Waals surface area contributed by atoms with Gasteiger partial charge in [0.15, 0.2) is 0 Å². The van der Waals surface area contributed by atoms with Crippen LogP contribution in [0.4, 0.5) is 5.69 Å². The summed E-state index contributed by atoms with van der Waals surface area (Å²) in [5.41, 5.74) is 1.98. The number of hydrogen-bond acceptors (Lipinski definition) is 5. The van der Waals surface area contributed by atoms with E-state index in [1.54, 1.807) is 48.5 Å². The normalized spacial score (nSPS) is 17.1. The van der Waals surface area contributed by atoms with Gasteiger partial charge in [-0.05, 0) is 53.4 Å². The van der Waals surface area contributed by atoms with Crippen LogP contribution in [-0.4, -0.2) is 16.8 Å². The first kappa shape index (κ1) is 22.9.